The number of hydrogen-bond acceptors (Lipinski definition) is 3. The van der Waals surface area contributed by atoms with Gasteiger partial charge in [0.1, 0.15) is 11.6 Å². The molecule has 3 rings (SSSR count). The van der Waals surface area contributed by atoms with Crippen molar-refractivity contribution in [3.63, 3.8) is 0 Å². The number of nitrogens with one attached hydrogen (secondary N) is 1. The summed E-state index contributed by atoms with van der Waals surface area (Å²) in [5, 5.41) is 0.858. The number of rotatable bonds is 4. The predicted molar refractivity (Wildman–Crippen MR) is 71.0 cm³/mol. The zero-order valence-electron chi connectivity index (χ0n) is 10.8. The molecule has 1 aliphatic carbocycles. The summed E-state index contributed by atoms with van der Waals surface area (Å²) < 4.78 is 6.32. The second-order valence-corrected chi connectivity index (χ2v) is 5.05. The molecule has 0 saturated heterocycles. The monoisotopic (exact) mass is 260 g/mol. The summed E-state index contributed by atoms with van der Waals surface area (Å²) >= 11 is 0. The maximum atomic E-state index is 12.4. The number of esters is 1. The highest BCUT2D eigenvalue weighted by Crippen LogP contribution is 2.37. The number of carbonyl (C=O) groups is 1. The molecule has 2 heterocycles. The summed E-state index contributed by atoms with van der Waals surface area (Å²) in [7, 11) is 1.36. The van der Waals surface area contributed by atoms with E-state index < -0.39 is 6.04 Å². The molecule has 2 aromatic heterocycles. The Morgan fingerprint density at radius 3 is 3.00 bits per heavy atom. The Hall–Kier alpha value is -2.04. The summed E-state index contributed by atoms with van der Waals surface area (Å²) in [6.07, 6.45) is 6.35. The smallest absolute Gasteiger partial charge is 0.328 e. The number of hydrogen-bond donors (Lipinski definition) is 1. The lowest BCUT2D eigenvalue weighted by Crippen LogP contribution is -2.30. The molecule has 0 amide bonds. The van der Waals surface area contributed by atoms with E-state index >= 15 is 0 Å². The highest BCUT2D eigenvalue weighted by molar-refractivity contribution is 5.79. The number of nitrogens with zero attached hydrogens (tertiary/aromatic N) is 1. The molecule has 0 spiro atoms. The molecule has 1 N–H and O–H groups in total. The molecule has 19 heavy (non-hydrogen) atoms. The van der Waals surface area contributed by atoms with Crippen molar-refractivity contribution in [2.24, 2.45) is 5.92 Å². The van der Waals surface area contributed by atoms with Gasteiger partial charge >= 0.3 is 5.97 Å². The molecular weight excluding hydrogens is 244 g/mol. The molecule has 1 saturated carbocycles. The average molecular weight is 260 g/mol. The molecule has 0 radical (unpaired) electrons. The summed E-state index contributed by atoms with van der Waals surface area (Å²) in [4.78, 5) is 27.2. The fraction of sp³-hybridized carbons (Fsp3) is 0.429. The van der Waals surface area contributed by atoms with E-state index in [2.05, 4.69) is 4.98 Å². The third-order valence-electron chi connectivity index (χ3n) is 3.70. The number of pyridine rings is 1. The van der Waals surface area contributed by atoms with Crippen LogP contribution in [0.2, 0.25) is 0 Å². The van der Waals surface area contributed by atoms with Crippen LogP contribution in [0.4, 0.5) is 0 Å². The van der Waals surface area contributed by atoms with Crippen LogP contribution in [0.15, 0.2) is 29.3 Å². The van der Waals surface area contributed by atoms with Crippen molar-refractivity contribution in [2.75, 3.05) is 7.11 Å². The number of H-pyrrole nitrogens is 1. The third kappa shape index (κ3) is 2.16. The van der Waals surface area contributed by atoms with Gasteiger partial charge in [0, 0.05) is 17.8 Å². The van der Waals surface area contributed by atoms with Crippen LogP contribution in [0.3, 0.4) is 0 Å². The average Bonchev–Trinajstić information content (AvgIpc) is 3.10. The number of aromatic amines is 1. The fourth-order valence-corrected chi connectivity index (χ4v) is 2.44. The lowest BCUT2D eigenvalue weighted by atomic mass is 10.1. The van der Waals surface area contributed by atoms with Gasteiger partial charge in [0.25, 0.3) is 5.56 Å². The van der Waals surface area contributed by atoms with Crippen LogP contribution in [-0.2, 0) is 9.53 Å². The van der Waals surface area contributed by atoms with Crippen molar-refractivity contribution in [3.8, 4) is 0 Å². The maximum absolute atomic E-state index is 12.4. The lowest BCUT2D eigenvalue weighted by Gasteiger charge is -2.17. The van der Waals surface area contributed by atoms with E-state index in [4.69, 9.17) is 4.74 Å². The first-order valence-electron chi connectivity index (χ1n) is 6.46. The minimum atomic E-state index is -0.516. The normalized spacial score (nSPS) is 16.5. The fourth-order valence-electron chi connectivity index (χ4n) is 2.44. The van der Waals surface area contributed by atoms with E-state index in [1.165, 1.54) is 11.7 Å². The zero-order valence-corrected chi connectivity index (χ0v) is 10.8. The van der Waals surface area contributed by atoms with E-state index in [0.29, 0.717) is 17.9 Å². The van der Waals surface area contributed by atoms with E-state index in [1.807, 2.05) is 12.1 Å². The first-order chi connectivity index (χ1) is 9.20. The van der Waals surface area contributed by atoms with E-state index in [0.717, 1.165) is 18.2 Å². The van der Waals surface area contributed by atoms with Crippen LogP contribution in [0.25, 0.3) is 10.9 Å². The number of methoxy groups -OCH3 is 1. The van der Waals surface area contributed by atoms with Gasteiger partial charge < -0.3 is 9.72 Å². The molecule has 1 unspecified atom stereocenters. The molecule has 5 nitrogen and oxygen atoms in total. The molecule has 1 aliphatic rings. The SMILES string of the molecule is COC(=O)C(CC1CC1)n1ccc2cc[nH]c2c1=O. The number of ether oxygens (including phenoxy) is 1. The summed E-state index contributed by atoms with van der Waals surface area (Å²) in [5.74, 6) is 0.190. The van der Waals surface area contributed by atoms with Gasteiger partial charge in [-0.15, -0.1) is 0 Å². The van der Waals surface area contributed by atoms with Crippen LogP contribution in [0, 0.1) is 5.92 Å². The van der Waals surface area contributed by atoms with Gasteiger partial charge in [0.2, 0.25) is 0 Å². The maximum Gasteiger partial charge on any atom is 0.328 e. The topological polar surface area (TPSA) is 64.1 Å². The van der Waals surface area contributed by atoms with Crippen LogP contribution in [0.1, 0.15) is 25.3 Å². The molecular formula is C14H16N2O3. The predicted octanol–water partition coefficient (Wildman–Crippen LogP) is 1.84. The zero-order chi connectivity index (χ0) is 13.4. The van der Waals surface area contributed by atoms with Crippen molar-refractivity contribution >= 4 is 16.9 Å². The molecule has 2 aromatic rings. The summed E-state index contributed by atoms with van der Waals surface area (Å²) in [5.41, 5.74) is 0.366. The quantitative estimate of drug-likeness (QED) is 0.853. The Morgan fingerprint density at radius 2 is 2.32 bits per heavy atom. The molecule has 0 aromatic carbocycles. The van der Waals surface area contributed by atoms with Crippen molar-refractivity contribution < 1.29 is 9.53 Å². The first kappa shape index (κ1) is 12.0. The molecule has 5 heteroatoms. The Balaban J connectivity index is 2.05. The molecule has 1 fully saturated rings. The van der Waals surface area contributed by atoms with Gasteiger partial charge in [0.05, 0.1) is 7.11 Å². The summed E-state index contributed by atoms with van der Waals surface area (Å²) in [6.45, 7) is 0. The Morgan fingerprint density at radius 1 is 1.53 bits per heavy atom. The molecule has 0 aliphatic heterocycles. The van der Waals surface area contributed by atoms with Crippen molar-refractivity contribution in [1.82, 2.24) is 9.55 Å². The largest absolute Gasteiger partial charge is 0.467 e. The van der Waals surface area contributed by atoms with E-state index in [1.54, 1.807) is 12.4 Å². The van der Waals surface area contributed by atoms with Gasteiger partial charge in [-0.1, -0.05) is 12.8 Å². The minimum Gasteiger partial charge on any atom is -0.467 e. The van der Waals surface area contributed by atoms with Crippen molar-refractivity contribution in [3.05, 3.63) is 34.9 Å². The van der Waals surface area contributed by atoms with E-state index in [9.17, 15) is 9.59 Å². The number of fused-ring (bicyclic) bond motifs is 1. The van der Waals surface area contributed by atoms with E-state index in [-0.39, 0.29) is 11.5 Å². The van der Waals surface area contributed by atoms with Crippen LogP contribution >= 0.6 is 0 Å². The first-order valence-corrected chi connectivity index (χ1v) is 6.46. The van der Waals surface area contributed by atoms with Gasteiger partial charge in [-0.2, -0.15) is 0 Å². The Kier molecular flexibility index (Phi) is 2.89. The van der Waals surface area contributed by atoms with Gasteiger partial charge in [0.15, 0.2) is 0 Å². The minimum absolute atomic E-state index is 0.168. The highest BCUT2D eigenvalue weighted by atomic mass is 16.5. The molecule has 0 bridgehead atoms. The van der Waals surface area contributed by atoms with Crippen LogP contribution in [-0.4, -0.2) is 22.6 Å². The number of aromatic nitrogens is 2. The van der Waals surface area contributed by atoms with Crippen molar-refractivity contribution in [2.45, 2.75) is 25.3 Å². The highest BCUT2D eigenvalue weighted by Gasteiger charge is 2.31. The molecule has 100 valence electrons. The van der Waals surface area contributed by atoms with Crippen LogP contribution < -0.4 is 5.56 Å². The number of carbonyl (C=O) groups excluding carboxylic acids is 1. The van der Waals surface area contributed by atoms with Gasteiger partial charge in [-0.25, -0.2) is 4.79 Å². The molecule has 1 atom stereocenters. The Labute approximate surface area is 110 Å². The summed E-state index contributed by atoms with van der Waals surface area (Å²) in [6, 6.07) is 3.17. The third-order valence-corrected chi connectivity index (χ3v) is 3.70. The van der Waals surface area contributed by atoms with Crippen molar-refractivity contribution in [1.29, 1.82) is 0 Å². The lowest BCUT2D eigenvalue weighted by molar-refractivity contribution is -0.145. The van der Waals surface area contributed by atoms with Gasteiger partial charge in [-0.05, 0) is 24.5 Å². The second kappa shape index (κ2) is 4.57. The Bertz CT molecular complexity index is 667. The van der Waals surface area contributed by atoms with Gasteiger partial charge in [-0.3, -0.25) is 9.36 Å². The second-order valence-electron chi connectivity index (χ2n) is 5.05. The standard InChI is InChI=1S/C14H16N2O3/c1-19-14(18)11(8-9-2-3-9)16-7-5-10-4-6-15-12(10)13(16)17/h4-7,9,11,15H,2-3,8H2,1H3. The van der Waals surface area contributed by atoms with Crippen LogP contribution in [0.5, 0.6) is 0 Å².